The smallest absolute Gasteiger partial charge is 0.0406 e. The molecule has 0 bridgehead atoms. The number of benzene rings is 1. The van der Waals surface area contributed by atoms with E-state index in [1.54, 1.807) is 0 Å². The Hall–Kier alpha value is -0.450. The van der Waals surface area contributed by atoms with Crippen molar-refractivity contribution in [2.75, 3.05) is 5.33 Å². The summed E-state index contributed by atoms with van der Waals surface area (Å²) in [5.41, 5.74) is 1.04. The molecule has 0 saturated carbocycles. The van der Waals surface area contributed by atoms with Gasteiger partial charge in [-0.1, -0.05) is 39.4 Å². The minimum absolute atomic E-state index is 0.759. The second-order valence-electron chi connectivity index (χ2n) is 2.95. The van der Waals surface area contributed by atoms with E-state index in [-0.39, 0.29) is 0 Å². The van der Waals surface area contributed by atoms with Crippen molar-refractivity contribution in [3.05, 3.63) is 34.9 Å². The minimum Gasteiger partial charge on any atom is -0.0979 e. The number of rotatable bonds is 3. The average Bonchev–Trinajstić information content (AvgIpc) is 2.21. The van der Waals surface area contributed by atoms with E-state index >= 15 is 0 Å². The van der Waals surface area contributed by atoms with Crippen molar-refractivity contribution in [2.45, 2.75) is 19.3 Å². The Balaban J connectivity index is 2.39. The standard InChI is InChI=1S/C12H12BrCl/c13-10-4-2-1-3-5-11-6-8-12(14)9-7-11/h6-9H,1-2,4,10H2. The second kappa shape index (κ2) is 6.92. The number of halogens is 2. The molecule has 0 heterocycles. The summed E-state index contributed by atoms with van der Waals surface area (Å²) in [6, 6.07) is 7.62. The maximum atomic E-state index is 5.76. The molecule has 0 fully saturated rings. The van der Waals surface area contributed by atoms with Crippen LogP contribution in [0, 0.1) is 11.8 Å². The van der Waals surface area contributed by atoms with Crippen LogP contribution in [0.4, 0.5) is 0 Å². The summed E-state index contributed by atoms with van der Waals surface area (Å²) in [5, 5.41) is 1.82. The number of alkyl halides is 1. The van der Waals surface area contributed by atoms with Crippen LogP contribution in [0.3, 0.4) is 0 Å². The zero-order chi connectivity index (χ0) is 10.2. The van der Waals surface area contributed by atoms with Gasteiger partial charge in [-0.15, -0.1) is 0 Å². The van der Waals surface area contributed by atoms with Crippen molar-refractivity contribution >= 4 is 27.5 Å². The lowest BCUT2D eigenvalue weighted by atomic mass is 10.2. The van der Waals surface area contributed by atoms with Gasteiger partial charge < -0.3 is 0 Å². The molecule has 0 unspecified atom stereocenters. The Bertz CT molecular complexity index is 318. The fourth-order valence-corrected chi connectivity index (χ4v) is 1.53. The molecule has 0 nitrogen and oxygen atoms in total. The van der Waals surface area contributed by atoms with Gasteiger partial charge in [-0.3, -0.25) is 0 Å². The summed E-state index contributed by atoms with van der Waals surface area (Å²) in [6.45, 7) is 0. The van der Waals surface area contributed by atoms with Gasteiger partial charge in [-0.25, -0.2) is 0 Å². The first-order valence-electron chi connectivity index (χ1n) is 4.63. The second-order valence-corrected chi connectivity index (χ2v) is 4.18. The maximum absolute atomic E-state index is 5.76. The number of hydrogen-bond donors (Lipinski definition) is 0. The molecule has 1 aromatic rings. The molecule has 0 amide bonds. The average molecular weight is 272 g/mol. The topological polar surface area (TPSA) is 0 Å². The molecule has 74 valence electrons. The molecule has 14 heavy (non-hydrogen) atoms. The summed E-state index contributed by atoms with van der Waals surface area (Å²) >= 11 is 9.15. The van der Waals surface area contributed by atoms with Crippen molar-refractivity contribution in [1.82, 2.24) is 0 Å². The molecule has 1 aromatic carbocycles. The Morgan fingerprint density at radius 2 is 1.86 bits per heavy atom. The van der Waals surface area contributed by atoms with Crippen molar-refractivity contribution in [3.8, 4) is 11.8 Å². The number of unbranched alkanes of at least 4 members (excludes halogenated alkanes) is 2. The van der Waals surface area contributed by atoms with Crippen molar-refractivity contribution < 1.29 is 0 Å². The van der Waals surface area contributed by atoms with E-state index in [1.165, 1.54) is 6.42 Å². The quantitative estimate of drug-likeness (QED) is 0.438. The molecule has 0 atom stereocenters. The fourth-order valence-electron chi connectivity index (χ4n) is 1.01. The molecule has 2 heteroatoms. The van der Waals surface area contributed by atoms with Gasteiger partial charge in [0.25, 0.3) is 0 Å². The predicted molar refractivity (Wildman–Crippen MR) is 66.0 cm³/mol. The van der Waals surface area contributed by atoms with E-state index in [1.807, 2.05) is 24.3 Å². The third kappa shape index (κ3) is 4.69. The highest BCUT2D eigenvalue weighted by Crippen LogP contribution is 2.08. The normalized spacial score (nSPS) is 9.29. The Morgan fingerprint density at radius 3 is 2.50 bits per heavy atom. The van der Waals surface area contributed by atoms with Gasteiger partial charge in [0.15, 0.2) is 0 Å². The maximum Gasteiger partial charge on any atom is 0.0406 e. The molecule has 1 rings (SSSR count). The van der Waals surface area contributed by atoms with Crippen LogP contribution in [0.15, 0.2) is 24.3 Å². The zero-order valence-electron chi connectivity index (χ0n) is 7.89. The summed E-state index contributed by atoms with van der Waals surface area (Å²) in [5.74, 6) is 6.25. The first kappa shape index (κ1) is 11.6. The third-order valence-corrected chi connectivity index (χ3v) is 2.58. The van der Waals surface area contributed by atoms with Gasteiger partial charge in [-0.2, -0.15) is 0 Å². The highest BCUT2D eigenvalue weighted by atomic mass is 79.9. The monoisotopic (exact) mass is 270 g/mol. The van der Waals surface area contributed by atoms with Gasteiger partial charge in [0.1, 0.15) is 0 Å². The van der Waals surface area contributed by atoms with Crippen molar-refractivity contribution in [1.29, 1.82) is 0 Å². The molecule has 0 aromatic heterocycles. The van der Waals surface area contributed by atoms with E-state index in [4.69, 9.17) is 11.6 Å². The van der Waals surface area contributed by atoms with Gasteiger partial charge in [-0.05, 0) is 37.1 Å². The van der Waals surface area contributed by atoms with Gasteiger partial charge in [0, 0.05) is 22.3 Å². The lowest BCUT2D eigenvalue weighted by Crippen LogP contribution is -1.75. The van der Waals surface area contributed by atoms with Crippen LogP contribution in [-0.2, 0) is 0 Å². The summed E-state index contributed by atoms with van der Waals surface area (Å²) in [6.07, 6.45) is 3.31. The molecule has 0 aliphatic heterocycles. The van der Waals surface area contributed by atoms with Gasteiger partial charge >= 0.3 is 0 Å². The molecular weight excluding hydrogens is 259 g/mol. The van der Waals surface area contributed by atoms with E-state index in [2.05, 4.69) is 27.8 Å². The Morgan fingerprint density at radius 1 is 1.14 bits per heavy atom. The van der Waals surface area contributed by atoms with Crippen LogP contribution >= 0.6 is 27.5 Å². The molecule has 0 aliphatic rings. The number of hydrogen-bond acceptors (Lipinski definition) is 0. The Labute approximate surface area is 98.8 Å². The van der Waals surface area contributed by atoms with E-state index < -0.39 is 0 Å². The fraction of sp³-hybridized carbons (Fsp3) is 0.333. The van der Waals surface area contributed by atoms with Crippen LogP contribution in [0.5, 0.6) is 0 Å². The molecule has 0 N–H and O–H groups in total. The van der Waals surface area contributed by atoms with E-state index in [0.29, 0.717) is 0 Å². The highest BCUT2D eigenvalue weighted by molar-refractivity contribution is 9.09. The van der Waals surface area contributed by atoms with Gasteiger partial charge in [0.05, 0.1) is 0 Å². The molecule has 0 spiro atoms. The molecule has 0 saturated heterocycles. The van der Waals surface area contributed by atoms with Crippen LogP contribution in [-0.4, -0.2) is 5.33 Å². The molecule has 0 aliphatic carbocycles. The third-order valence-electron chi connectivity index (χ3n) is 1.76. The van der Waals surface area contributed by atoms with E-state index in [9.17, 15) is 0 Å². The Kier molecular flexibility index (Phi) is 5.75. The first-order chi connectivity index (χ1) is 6.83. The summed E-state index contributed by atoms with van der Waals surface area (Å²) in [4.78, 5) is 0. The lowest BCUT2D eigenvalue weighted by Gasteiger charge is -1.90. The minimum atomic E-state index is 0.759. The van der Waals surface area contributed by atoms with Crippen molar-refractivity contribution in [2.24, 2.45) is 0 Å². The molecule has 0 radical (unpaired) electrons. The lowest BCUT2D eigenvalue weighted by molar-refractivity contribution is 0.841. The summed E-state index contributed by atoms with van der Waals surface area (Å²) < 4.78 is 0. The van der Waals surface area contributed by atoms with Crippen molar-refractivity contribution in [3.63, 3.8) is 0 Å². The largest absolute Gasteiger partial charge is 0.0979 e. The van der Waals surface area contributed by atoms with Crippen LogP contribution in [0.25, 0.3) is 0 Å². The van der Waals surface area contributed by atoms with Crippen LogP contribution in [0.1, 0.15) is 24.8 Å². The predicted octanol–water partition coefficient (Wildman–Crippen LogP) is 4.26. The highest BCUT2D eigenvalue weighted by Gasteiger charge is 1.87. The van der Waals surface area contributed by atoms with Gasteiger partial charge in [0.2, 0.25) is 0 Å². The zero-order valence-corrected chi connectivity index (χ0v) is 10.2. The van der Waals surface area contributed by atoms with E-state index in [0.717, 1.165) is 28.8 Å². The first-order valence-corrected chi connectivity index (χ1v) is 6.13. The molecular formula is C12H12BrCl. The SMILES string of the molecule is Clc1ccc(C#CCCCCBr)cc1. The van der Waals surface area contributed by atoms with Crippen LogP contribution < -0.4 is 0 Å². The van der Waals surface area contributed by atoms with Crippen LogP contribution in [0.2, 0.25) is 5.02 Å². The summed E-state index contributed by atoms with van der Waals surface area (Å²) in [7, 11) is 0.